The highest BCUT2D eigenvalue weighted by Gasteiger charge is 2.19. The highest BCUT2D eigenvalue weighted by Crippen LogP contribution is 2.63. The molecule has 1 atom stereocenters. The van der Waals surface area contributed by atoms with Gasteiger partial charge in [0.25, 0.3) is 0 Å². The van der Waals surface area contributed by atoms with Crippen molar-refractivity contribution < 1.29 is 9.09 Å². The number of rotatable bonds is 5. The average Bonchev–Trinajstić information content (AvgIpc) is 2.17. The lowest BCUT2D eigenvalue weighted by Crippen LogP contribution is -1.90. The molecule has 2 nitrogen and oxygen atoms in total. The fourth-order valence-corrected chi connectivity index (χ4v) is 4.69. The molecule has 0 amide bonds. The summed E-state index contributed by atoms with van der Waals surface area (Å²) >= 11 is 5.31. The van der Waals surface area contributed by atoms with Crippen LogP contribution in [-0.2, 0) is 11.0 Å². The Balaban J connectivity index is 2.84. The molecule has 0 radical (unpaired) electrons. The van der Waals surface area contributed by atoms with Crippen molar-refractivity contribution >= 4 is 29.4 Å². The van der Waals surface area contributed by atoms with Crippen LogP contribution in [0.4, 0.5) is 0 Å². The monoisotopic (exact) mass is 262 g/mol. The number of hydrogen-bond donors (Lipinski definition) is 1. The average molecular weight is 262 g/mol. The van der Waals surface area contributed by atoms with Gasteiger partial charge in [0.15, 0.2) is 0 Å². The van der Waals surface area contributed by atoms with Gasteiger partial charge in [-0.05, 0) is 29.4 Å². The highest BCUT2D eigenvalue weighted by molar-refractivity contribution is 8.84. The maximum atomic E-state index is 11.9. The molecule has 1 aromatic rings. The first-order chi connectivity index (χ1) is 7.09. The topological polar surface area (TPSA) is 26.3 Å². The molecular weight excluding hydrogens is 247 g/mol. The van der Waals surface area contributed by atoms with Crippen molar-refractivity contribution in [3.63, 3.8) is 0 Å². The Labute approximate surface area is 100 Å². The van der Waals surface area contributed by atoms with Crippen molar-refractivity contribution in [3.05, 3.63) is 29.8 Å². The van der Waals surface area contributed by atoms with Crippen LogP contribution >= 0.6 is 29.4 Å². The molecule has 1 aromatic carbocycles. The molecule has 0 bridgehead atoms. The van der Waals surface area contributed by atoms with Gasteiger partial charge in [-0.15, -0.1) is 0 Å². The summed E-state index contributed by atoms with van der Waals surface area (Å²) in [5.74, 6) is -1.43. The van der Waals surface area contributed by atoms with Crippen molar-refractivity contribution in [2.45, 2.75) is 20.3 Å². The molecule has 0 aromatic heterocycles. The molecule has 5 heteroatoms. The predicted octanol–water partition coefficient (Wildman–Crippen LogP) is 4.42. The number of thiol groups is 1. The maximum absolute atomic E-state index is 11.9. The molecule has 0 aliphatic heterocycles. The van der Waals surface area contributed by atoms with Crippen molar-refractivity contribution in [2.75, 3.05) is 5.75 Å². The van der Waals surface area contributed by atoms with Crippen LogP contribution in [0.5, 0.6) is 5.75 Å². The second-order valence-corrected chi connectivity index (χ2v) is 9.50. The predicted molar refractivity (Wildman–Crippen MR) is 71.2 cm³/mol. The standard InChI is InChI=1S/C10H15O2PS2/c1-3-9-7-5-6-8-10(9)12-13(11,14)15-4-2/h5-8H,3-4H2,1-2H3,(H,11,14). The van der Waals surface area contributed by atoms with E-state index in [0.717, 1.165) is 17.7 Å². The Bertz CT molecular complexity index is 368. The zero-order valence-corrected chi connectivity index (χ0v) is 11.4. The Hall–Kier alpha value is -0.0500. The summed E-state index contributed by atoms with van der Waals surface area (Å²) in [4.78, 5) is 0. The van der Waals surface area contributed by atoms with Crippen LogP contribution in [0.15, 0.2) is 24.3 Å². The minimum absolute atomic E-state index is 0.680. The number of para-hydroxylation sites is 1. The van der Waals surface area contributed by atoms with Gasteiger partial charge < -0.3 is 4.52 Å². The van der Waals surface area contributed by atoms with Crippen molar-refractivity contribution in [3.8, 4) is 5.75 Å². The number of benzene rings is 1. The first-order valence-electron chi connectivity index (χ1n) is 4.84. The third-order valence-corrected chi connectivity index (χ3v) is 6.13. The Kier molecular flexibility index (Phi) is 5.10. The van der Waals surface area contributed by atoms with Crippen LogP contribution in [-0.4, -0.2) is 5.75 Å². The lowest BCUT2D eigenvalue weighted by atomic mass is 10.1. The van der Waals surface area contributed by atoms with E-state index in [4.69, 9.17) is 4.52 Å². The SMILES string of the molecule is CCSP(=O)(S)Oc1ccccc1CC. The summed E-state index contributed by atoms with van der Waals surface area (Å²) in [6, 6.07) is 7.62. The molecule has 0 fully saturated rings. The van der Waals surface area contributed by atoms with Crippen LogP contribution in [0, 0.1) is 0 Å². The van der Waals surface area contributed by atoms with Crippen LogP contribution in [0.1, 0.15) is 19.4 Å². The molecule has 0 saturated carbocycles. The molecule has 0 saturated heterocycles. The van der Waals surface area contributed by atoms with Crippen molar-refractivity contribution in [1.82, 2.24) is 0 Å². The first kappa shape index (κ1) is 13.0. The van der Waals surface area contributed by atoms with Gasteiger partial charge in [0, 0.05) is 5.75 Å². The summed E-state index contributed by atoms with van der Waals surface area (Å²) in [5, 5.41) is 0. The van der Waals surface area contributed by atoms with Crippen LogP contribution in [0.25, 0.3) is 0 Å². The fraction of sp³-hybridized carbons (Fsp3) is 0.400. The van der Waals surface area contributed by atoms with E-state index in [9.17, 15) is 4.57 Å². The van der Waals surface area contributed by atoms with Gasteiger partial charge in [0.2, 0.25) is 0 Å². The summed E-state index contributed by atoms with van der Waals surface area (Å²) in [5.41, 5.74) is 1.06. The quantitative estimate of drug-likeness (QED) is 0.628. The molecule has 0 aliphatic rings. The lowest BCUT2D eigenvalue weighted by molar-refractivity contribution is 0.513. The van der Waals surface area contributed by atoms with Crippen LogP contribution in [0.3, 0.4) is 0 Å². The molecule has 15 heavy (non-hydrogen) atoms. The van der Waals surface area contributed by atoms with E-state index in [0.29, 0.717) is 5.75 Å². The van der Waals surface area contributed by atoms with E-state index in [-0.39, 0.29) is 0 Å². The second kappa shape index (κ2) is 5.88. The fourth-order valence-electron chi connectivity index (χ4n) is 1.20. The summed E-state index contributed by atoms with van der Waals surface area (Å²) < 4.78 is 17.3. The van der Waals surface area contributed by atoms with E-state index in [2.05, 4.69) is 12.2 Å². The second-order valence-electron chi connectivity index (χ2n) is 2.94. The Morgan fingerprint density at radius 1 is 1.40 bits per heavy atom. The Morgan fingerprint density at radius 2 is 2.07 bits per heavy atom. The van der Waals surface area contributed by atoms with E-state index in [1.807, 2.05) is 38.1 Å². The zero-order chi connectivity index (χ0) is 11.3. The third kappa shape index (κ3) is 4.13. The van der Waals surface area contributed by atoms with Gasteiger partial charge in [-0.3, -0.25) is 4.57 Å². The zero-order valence-electron chi connectivity index (χ0n) is 8.84. The van der Waals surface area contributed by atoms with E-state index in [1.54, 1.807) is 0 Å². The van der Waals surface area contributed by atoms with E-state index >= 15 is 0 Å². The van der Waals surface area contributed by atoms with Crippen LogP contribution in [0.2, 0.25) is 0 Å². The third-order valence-electron chi connectivity index (χ3n) is 1.86. The molecular formula is C10H15O2PS2. The van der Waals surface area contributed by atoms with Gasteiger partial charge in [0.05, 0.1) is 0 Å². The molecule has 0 spiro atoms. The largest absolute Gasteiger partial charge is 0.429 e. The molecule has 0 aliphatic carbocycles. The smallest absolute Gasteiger partial charge is 0.356 e. The maximum Gasteiger partial charge on any atom is 0.356 e. The van der Waals surface area contributed by atoms with Gasteiger partial charge in [-0.1, -0.05) is 44.3 Å². The highest BCUT2D eigenvalue weighted by atomic mass is 33.1. The van der Waals surface area contributed by atoms with Crippen molar-refractivity contribution in [1.29, 1.82) is 0 Å². The summed E-state index contributed by atoms with van der Waals surface area (Å²) in [7, 11) is 0. The molecule has 84 valence electrons. The van der Waals surface area contributed by atoms with Crippen LogP contribution < -0.4 is 4.52 Å². The van der Waals surface area contributed by atoms with Gasteiger partial charge in [0.1, 0.15) is 5.75 Å². The minimum atomic E-state index is -2.84. The summed E-state index contributed by atoms with van der Waals surface area (Å²) in [6.45, 7) is 3.97. The number of hydrogen-bond acceptors (Lipinski definition) is 3. The molecule has 1 unspecified atom stereocenters. The van der Waals surface area contributed by atoms with E-state index in [1.165, 1.54) is 11.4 Å². The molecule has 0 N–H and O–H groups in total. The first-order valence-corrected chi connectivity index (χ1v) is 9.20. The summed E-state index contributed by atoms with van der Waals surface area (Å²) in [6.07, 6.45) is 0.862. The van der Waals surface area contributed by atoms with E-state index < -0.39 is 5.77 Å². The van der Waals surface area contributed by atoms with Crippen molar-refractivity contribution in [2.24, 2.45) is 0 Å². The lowest BCUT2D eigenvalue weighted by Gasteiger charge is -2.14. The van der Waals surface area contributed by atoms with Gasteiger partial charge in [-0.25, -0.2) is 0 Å². The van der Waals surface area contributed by atoms with Gasteiger partial charge >= 0.3 is 5.77 Å². The van der Waals surface area contributed by atoms with Gasteiger partial charge in [-0.2, -0.15) is 0 Å². The molecule has 0 heterocycles. The minimum Gasteiger partial charge on any atom is -0.429 e. The Morgan fingerprint density at radius 3 is 2.67 bits per heavy atom. The molecule has 1 rings (SSSR count). The number of aryl methyl sites for hydroxylation is 1. The normalized spacial score (nSPS) is 14.6.